The van der Waals surface area contributed by atoms with Crippen molar-refractivity contribution in [3.8, 4) is 5.75 Å². The van der Waals surface area contributed by atoms with Gasteiger partial charge in [0.25, 0.3) is 0 Å². The molecular formula is C21H19BrClFN4O2S. The van der Waals surface area contributed by atoms with E-state index in [1.165, 1.54) is 30.0 Å². The van der Waals surface area contributed by atoms with Crippen LogP contribution in [0.5, 0.6) is 5.75 Å². The fourth-order valence-electron chi connectivity index (χ4n) is 2.68. The molecule has 0 spiro atoms. The minimum absolute atomic E-state index is 0.157. The van der Waals surface area contributed by atoms with Crippen molar-refractivity contribution in [1.29, 1.82) is 0 Å². The Morgan fingerprint density at radius 2 is 2.10 bits per heavy atom. The van der Waals surface area contributed by atoms with E-state index in [0.717, 1.165) is 4.47 Å². The summed E-state index contributed by atoms with van der Waals surface area (Å²) in [6.07, 6.45) is 1.19. The van der Waals surface area contributed by atoms with E-state index in [0.29, 0.717) is 29.0 Å². The lowest BCUT2D eigenvalue weighted by Gasteiger charge is -2.16. The third-order valence-corrected chi connectivity index (χ3v) is 5.87. The molecule has 0 aliphatic carbocycles. The number of halogens is 3. The maximum absolute atomic E-state index is 13.3. The highest BCUT2D eigenvalue weighted by Crippen LogP contribution is 2.30. The third-order valence-electron chi connectivity index (χ3n) is 4.08. The normalized spacial score (nSPS) is 11.7. The Balaban J connectivity index is 1.68. The number of carbonyl (C=O) groups excluding carboxylic acids is 1. The molecule has 162 valence electrons. The van der Waals surface area contributed by atoms with E-state index in [2.05, 4.69) is 38.0 Å². The zero-order valence-corrected chi connectivity index (χ0v) is 19.7. The van der Waals surface area contributed by atoms with Gasteiger partial charge in [0.05, 0.1) is 10.8 Å². The molecule has 0 saturated carbocycles. The van der Waals surface area contributed by atoms with Crippen LogP contribution < -0.4 is 10.1 Å². The minimum Gasteiger partial charge on any atom is -0.481 e. The molecule has 3 rings (SSSR count). The SMILES string of the molecule is C=CCn1c(SCC(=O)Nc2ccc(Br)cc2)nnc1C(C)Oc1ccc(F)cc1Cl. The lowest BCUT2D eigenvalue weighted by molar-refractivity contribution is -0.113. The molecule has 1 heterocycles. The number of ether oxygens (including phenoxy) is 1. The average Bonchev–Trinajstić information content (AvgIpc) is 3.13. The lowest BCUT2D eigenvalue weighted by Crippen LogP contribution is -2.15. The number of nitrogens with zero attached hydrogens (tertiary/aromatic N) is 3. The predicted molar refractivity (Wildman–Crippen MR) is 124 cm³/mol. The van der Waals surface area contributed by atoms with Gasteiger partial charge in [-0.3, -0.25) is 9.36 Å². The van der Waals surface area contributed by atoms with Gasteiger partial charge >= 0.3 is 0 Å². The number of hydrogen-bond donors (Lipinski definition) is 1. The second-order valence-corrected chi connectivity index (χ2v) is 8.68. The molecule has 0 saturated heterocycles. The molecule has 31 heavy (non-hydrogen) atoms. The van der Waals surface area contributed by atoms with Crippen LogP contribution in [-0.4, -0.2) is 26.4 Å². The maximum atomic E-state index is 13.3. The van der Waals surface area contributed by atoms with E-state index in [9.17, 15) is 9.18 Å². The molecule has 0 fully saturated rings. The van der Waals surface area contributed by atoms with E-state index in [4.69, 9.17) is 16.3 Å². The number of anilines is 1. The highest BCUT2D eigenvalue weighted by atomic mass is 79.9. The molecule has 2 aromatic carbocycles. The topological polar surface area (TPSA) is 69.0 Å². The van der Waals surface area contributed by atoms with Gasteiger partial charge in [-0.15, -0.1) is 16.8 Å². The second-order valence-electron chi connectivity index (χ2n) is 6.42. The van der Waals surface area contributed by atoms with Crippen LogP contribution in [0.25, 0.3) is 0 Å². The molecule has 1 unspecified atom stereocenters. The summed E-state index contributed by atoms with van der Waals surface area (Å²) in [7, 11) is 0. The Labute approximate surface area is 197 Å². The summed E-state index contributed by atoms with van der Waals surface area (Å²) in [5.41, 5.74) is 0.709. The van der Waals surface area contributed by atoms with E-state index in [1.807, 2.05) is 28.8 Å². The molecule has 1 atom stereocenters. The zero-order chi connectivity index (χ0) is 22.4. The number of rotatable bonds is 9. The number of thioether (sulfide) groups is 1. The Hall–Kier alpha value is -2.36. The van der Waals surface area contributed by atoms with Crippen LogP contribution in [0.1, 0.15) is 18.9 Å². The van der Waals surface area contributed by atoms with Crippen molar-refractivity contribution < 1.29 is 13.9 Å². The van der Waals surface area contributed by atoms with Crippen molar-refractivity contribution in [3.63, 3.8) is 0 Å². The van der Waals surface area contributed by atoms with E-state index >= 15 is 0 Å². The molecule has 1 N–H and O–H groups in total. The van der Waals surface area contributed by atoms with Crippen LogP contribution in [0.2, 0.25) is 5.02 Å². The number of nitrogens with one attached hydrogen (secondary N) is 1. The lowest BCUT2D eigenvalue weighted by atomic mass is 10.3. The van der Waals surface area contributed by atoms with Crippen LogP contribution in [-0.2, 0) is 11.3 Å². The first-order valence-electron chi connectivity index (χ1n) is 9.21. The summed E-state index contributed by atoms with van der Waals surface area (Å²) in [5, 5.41) is 12.0. The second kappa shape index (κ2) is 10.8. The van der Waals surface area contributed by atoms with Gasteiger partial charge in [-0.05, 0) is 49.4 Å². The fourth-order valence-corrected chi connectivity index (χ4v) is 3.91. The van der Waals surface area contributed by atoms with Gasteiger partial charge < -0.3 is 10.1 Å². The highest BCUT2D eigenvalue weighted by molar-refractivity contribution is 9.10. The molecular weight excluding hydrogens is 507 g/mol. The quantitative estimate of drug-likeness (QED) is 0.279. The molecule has 6 nitrogen and oxygen atoms in total. The van der Waals surface area contributed by atoms with Crippen molar-refractivity contribution in [2.75, 3.05) is 11.1 Å². The molecule has 1 amide bonds. The van der Waals surface area contributed by atoms with Gasteiger partial charge in [-0.1, -0.05) is 45.4 Å². The minimum atomic E-state index is -0.513. The van der Waals surface area contributed by atoms with E-state index < -0.39 is 11.9 Å². The summed E-state index contributed by atoms with van der Waals surface area (Å²) >= 11 is 10.7. The van der Waals surface area contributed by atoms with Gasteiger partial charge in [-0.2, -0.15) is 0 Å². The van der Waals surface area contributed by atoms with Crippen LogP contribution in [0, 0.1) is 5.82 Å². The average molecular weight is 526 g/mol. The van der Waals surface area contributed by atoms with Gasteiger partial charge in [0.15, 0.2) is 17.1 Å². The first-order valence-corrected chi connectivity index (χ1v) is 11.4. The molecule has 0 radical (unpaired) electrons. The predicted octanol–water partition coefficient (Wildman–Crippen LogP) is 5.89. The van der Waals surface area contributed by atoms with Crippen molar-refractivity contribution >= 4 is 50.9 Å². The molecule has 0 aliphatic heterocycles. The van der Waals surface area contributed by atoms with Gasteiger partial charge in [0.2, 0.25) is 5.91 Å². The van der Waals surface area contributed by atoms with E-state index in [-0.39, 0.29) is 16.7 Å². The van der Waals surface area contributed by atoms with Gasteiger partial charge in [0, 0.05) is 16.7 Å². The molecule has 0 aliphatic rings. The molecule has 1 aromatic heterocycles. The van der Waals surface area contributed by atoms with E-state index in [1.54, 1.807) is 13.0 Å². The van der Waals surface area contributed by atoms with Crippen LogP contribution in [0.3, 0.4) is 0 Å². The van der Waals surface area contributed by atoms with Gasteiger partial charge in [0.1, 0.15) is 11.6 Å². The summed E-state index contributed by atoms with van der Waals surface area (Å²) in [4.78, 5) is 12.3. The van der Waals surface area contributed by atoms with Crippen LogP contribution >= 0.6 is 39.3 Å². The standard InChI is InChI=1S/C21H19BrClFN4O2S/c1-3-10-28-20(13(2)30-18-9-6-15(24)11-17(18)23)26-27-21(28)31-12-19(29)25-16-7-4-14(22)5-8-16/h3-9,11,13H,1,10,12H2,2H3,(H,25,29). The molecule has 10 heteroatoms. The summed E-state index contributed by atoms with van der Waals surface area (Å²) < 4.78 is 21.9. The van der Waals surface area contributed by atoms with Crippen molar-refractivity contribution in [3.05, 3.63) is 76.3 Å². The summed E-state index contributed by atoms with van der Waals surface area (Å²) in [6.45, 7) is 5.99. The number of carbonyl (C=O) groups is 1. The number of aromatic nitrogens is 3. The Kier molecular flexibility index (Phi) is 8.11. The Bertz CT molecular complexity index is 1080. The summed E-state index contributed by atoms with van der Waals surface area (Å²) in [6, 6.07) is 11.2. The van der Waals surface area contributed by atoms with Crippen molar-refractivity contribution in [1.82, 2.24) is 14.8 Å². The summed E-state index contributed by atoms with van der Waals surface area (Å²) in [5.74, 6) is 0.428. The highest BCUT2D eigenvalue weighted by Gasteiger charge is 2.20. The Morgan fingerprint density at radius 1 is 1.35 bits per heavy atom. The monoisotopic (exact) mass is 524 g/mol. The van der Waals surface area contributed by atoms with Crippen molar-refractivity contribution in [2.45, 2.75) is 24.7 Å². The number of allylic oxidation sites excluding steroid dienone is 1. The molecule has 3 aromatic rings. The largest absolute Gasteiger partial charge is 0.481 e. The Morgan fingerprint density at radius 3 is 2.77 bits per heavy atom. The van der Waals surface area contributed by atoms with Crippen molar-refractivity contribution in [2.24, 2.45) is 0 Å². The fraction of sp³-hybridized carbons (Fsp3) is 0.190. The number of hydrogen-bond acceptors (Lipinski definition) is 5. The first kappa shape index (κ1) is 23.3. The number of benzene rings is 2. The van der Waals surface area contributed by atoms with Crippen LogP contribution in [0.4, 0.5) is 10.1 Å². The first-order chi connectivity index (χ1) is 14.9. The van der Waals surface area contributed by atoms with Gasteiger partial charge in [-0.25, -0.2) is 4.39 Å². The smallest absolute Gasteiger partial charge is 0.234 e. The van der Waals surface area contributed by atoms with Crippen LogP contribution in [0.15, 0.2) is 64.7 Å². The zero-order valence-electron chi connectivity index (χ0n) is 16.5. The molecule has 0 bridgehead atoms. The maximum Gasteiger partial charge on any atom is 0.234 e. The third kappa shape index (κ3) is 6.32. The number of amides is 1.